The summed E-state index contributed by atoms with van der Waals surface area (Å²) in [5.74, 6) is -1.91. The predicted octanol–water partition coefficient (Wildman–Crippen LogP) is 4.06. The first kappa shape index (κ1) is 21.5. The van der Waals surface area contributed by atoms with Gasteiger partial charge in [0, 0.05) is 49.2 Å². The van der Waals surface area contributed by atoms with Crippen LogP contribution in [0, 0.1) is 11.6 Å². The summed E-state index contributed by atoms with van der Waals surface area (Å²) in [6, 6.07) is 7.94. The van der Waals surface area contributed by atoms with Gasteiger partial charge in [-0.25, -0.2) is 8.78 Å². The zero-order valence-electron chi connectivity index (χ0n) is 15.4. The Kier molecular flexibility index (Phi) is 7.05. The fraction of sp³-hybridized carbons (Fsp3) is 0.300. The van der Waals surface area contributed by atoms with Crippen molar-refractivity contribution in [1.29, 1.82) is 0 Å². The highest BCUT2D eigenvalue weighted by Crippen LogP contribution is 2.20. The predicted molar refractivity (Wildman–Crippen MR) is 108 cm³/mol. The van der Waals surface area contributed by atoms with E-state index in [4.69, 9.17) is 23.2 Å². The van der Waals surface area contributed by atoms with Crippen LogP contribution in [0.4, 0.5) is 14.5 Å². The van der Waals surface area contributed by atoms with Crippen LogP contribution in [0.2, 0.25) is 10.0 Å². The number of benzene rings is 2. The van der Waals surface area contributed by atoms with Crippen LogP contribution < -0.4 is 5.32 Å². The molecule has 0 atom stereocenters. The van der Waals surface area contributed by atoms with Gasteiger partial charge in [0.25, 0.3) is 5.91 Å². The molecular weight excluding hydrogens is 423 g/mol. The van der Waals surface area contributed by atoms with Crippen LogP contribution in [-0.2, 0) is 4.79 Å². The molecule has 1 heterocycles. The number of nitrogens with zero attached hydrogens (tertiary/aromatic N) is 2. The second-order valence-electron chi connectivity index (χ2n) is 6.68. The van der Waals surface area contributed by atoms with Gasteiger partial charge < -0.3 is 10.2 Å². The molecule has 5 nitrogen and oxygen atoms in total. The Hall–Kier alpha value is -2.22. The molecule has 0 spiro atoms. The number of hydrogen-bond acceptors (Lipinski definition) is 3. The Balaban J connectivity index is 1.46. The summed E-state index contributed by atoms with van der Waals surface area (Å²) < 4.78 is 27.6. The number of carbonyl (C=O) groups excluding carboxylic acids is 2. The maximum absolute atomic E-state index is 13.9. The summed E-state index contributed by atoms with van der Waals surface area (Å²) in [5.41, 5.74) is 0.0358. The molecule has 1 aliphatic heterocycles. The highest BCUT2D eigenvalue weighted by Gasteiger charge is 2.24. The maximum Gasteiger partial charge on any atom is 0.256 e. The van der Waals surface area contributed by atoms with E-state index in [1.165, 1.54) is 30.3 Å². The van der Waals surface area contributed by atoms with Crippen LogP contribution in [-0.4, -0.2) is 54.3 Å². The molecule has 9 heteroatoms. The standard InChI is InChI=1S/C20H19Cl2F2N3O2/c21-13-1-3-16(23)15(11-13)20(29)27-9-7-26(8-10-27)6-5-19(28)25-18-4-2-14(22)12-17(18)24/h1-4,11-12H,5-10H2,(H,25,28). The van der Waals surface area contributed by atoms with Crippen molar-refractivity contribution in [2.75, 3.05) is 38.0 Å². The van der Waals surface area contributed by atoms with Crippen molar-refractivity contribution < 1.29 is 18.4 Å². The van der Waals surface area contributed by atoms with Crippen LogP contribution in [0.5, 0.6) is 0 Å². The average Bonchev–Trinajstić information content (AvgIpc) is 2.70. The van der Waals surface area contributed by atoms with E-state index in [0.717, 1.165) is 6.07 Å². The fourth-order valence-corrected chi connectivity index (χ4v) is 3.40. The number of amides is 2. The molecule has 0 bridgehead atoms. The number of anilines is 1. The molecule has 0 saturated carbocycles. The normalized spacial score (nSPS) is 14.7. The van der Waals surface area contributed by atoms with Crippen molar-refractivity contribution >= 4 is 40.7 Å². The molecule has 0 unspecified atom stereocenters. The largest absolute Gasteiger partial charge is 0.336 e. The van der Waals surface area contributed by atoms with Crippen molar-refractivity contribution in [3.05, 3.63) is 63.6 Å². The van der Waals surface area contributed by atoms with Crippen molar-refractivity contribution in [3.8, 4) is 0 Å². The molecule has 2 aromatic carbocycles. The average molecular weight is 442 g/mol. The van der Waals surface area contributed by atoms with Gasteiger partial charge in [-0.05, 0) is 36.4 Å². The molecule has 1 saturated heterocycles. The topological polar surface area (TPSA) is 52.7 Å². The van der Waals surface area contributed by atoms with Crippen LogP contribution in [0.15, 0.2) is 36.4 Å². The van der Waals surface area contributed by atoms with Gasteiger partial charge in [-0.15, -0.1) is 0 Å². The van der Waals surface area contributed by atoms with Gasteiger partial charge in [-0.1, -0.05) is 23.2 Å². The monoisotopic (exact) mass is 441 g/mol. The third-order valence-corrected chi connectivity index (χ3v) is 5.15. The number of halogens is 4. The van der Waals surface area contributed by atoms with E-state index >= 15 is 0 Å². The van der Waals surface area contributed by atoms with Gasteiger partial charge in [0.15, 0.2) is 0 Å². The van der Waals surface area contributed by atoms with E-state index in [2.05, 4.69) is 5.32 Å². The van der Waals surface area contributed by atoms with Gasteiger partial charge in [0.2, 0.25) is 5.91 Å². The summed E-state index contributed by atoms with van der Waals surface area (Å²) in [4.78, 5) is 28.2. The number of carbonyl (C=O) groups is 2. The van der Waals surface area contributed by atoms with E-state index in [0.29, 0.717) is 37.7 Å². The van der Waals surface area contributed by atoms with Crippen LogP contribution in [0.1, 0.15) is 16.8 Å². The first-order valence-corrected chi connectivity index (χ1v) is 9.80. The van der Waals surface area contributed by atoms with E-state index < -0.39 is 17.5 Å². The van der Waals surface area contributed by atoms with Gasteiger partial charge in [0.1, 0.15) is 11.6 Å². The Bertz CT molecular complexity index is 919. The molecule has 29 heavy (non-hydrogen) atoms. The quantitative estimate of drug-likeness (QED) is 0.760. The van der Waals surface area contributed by atoms with Gasteiger partial charge in [-0.3, -0.25) is 14.5 Å². The number of nitrogens with one attached hydrogen (secondary N) is 1. The first-order chi connectivity index (χ1) is 13.8. The van der Waals surface area contributed by atoms with Gasteiger partial charge >= 0.3 is 0 Å². The second-order valence-corrected chi connectivity index (χ2v) is 7.55. The van der Waals surface area contributed by atoms with Crippen molar-refractivity contribution in [1.82, 2.24) is 9.80 Å². The first-order valence-electron chi connectivity index (χ1n) is 9.05. The second kappa shape index (κ2) is 9.52. The zero-order valence-corrected chi connectivity index (χ0v) is 16.9. The number of hydrogen-bond donors (Lipinski definition) is 1. The third kappa shape index (κ3) is 5.65. The van der Waals surface area contributed by atoms with Crippen LogP contribution >= 0.6 is 23.2 Å². The van der Waals surface area contributed by atoms with E-state index in [1.54, 1.807) is 4.90 Å². The highest BCUT2D eigenvalue weighted by molar-refractivity contribution is 6.31. The fourth-order valence-electron chi connectivity index (χ4n) is 3.07. The lowest BCUT2D eigenvalue weighted by atomic mass is 10.1. The lowest BCUT2D eigenvalue weighted by molar-refractivity contribution is -0.116. The van der Waals surface area contributed by atoms with Crippen molar-refractivity contribution in [2.45, 2.75) is 6.42 Å². The van der Waals surface area contributed by atoms with Crippen molar-refractivity contribution in [3.63, 3.8) is 0 Å². The van der Waals surface area contributed by atoms with Gasteiger partial charge in [0.05, 0.1) is 11.3 Å². The SMILES string of the molecule is O=C(CCN1CCN(C(=O)c2cc(Cl)ccc2F)CC1)Nc1ccc(Cl)cc1F. The van der Waals surface area contributed by atoms with Crippen LogP contribution in [0.25, 0.3) is 0 Å². The van der Waals surface area contributed by atoms with E-state index in [1.807, 2.05) is 4.90 Å². The Morgan fingerprint density at radius 3 is 2.28 bits per heavy atom. The Morgan fingerprint density at radius 1 is 0.931 bits per heavy atom. The smallest absolute Gasteiger partial charge is 0.256 e. The minimum Gasteiger partial charge on any atom is -0.336 e. The molecular formula is C20H19Cl2F2N3O2. The molecule has 0 radical (unpaired) electrons. The van der Waals surface area contributed by atoms with Gasteiger partial charge in [-0.2, -0.15) is 0 Å². The lowest BCUT2D eigenvalue weighted by Crippen LogP contribution is -2.49. The summed E-state index contributed by atoms with van der Waals surface area (Å²) in [6.45, 7) is 2.40. The number of rotatable bonds is 5. The summed E-state index contributed by atoms with van der Waals surface area (Å²) >= 11 is 11.5. The Labute approximate surface area is 177 Å². The molecule has 154 valence electrons. The lowest BCUT2D eigenvalue weighted by Gasteiger charge is -2.34. The molecule has 0 aliphatic carbocycles. The van der Waals surface area contributed by atoms with Crippen molar-refractivity contribution in [2.24, 2.45) is 0 Å². The molecule has 2 amide bonds. The summed E-state index contributed by atoms with van der Waals surface area (Å²) in [7, 11) is 0. The minimum atomic E-state index is -0.604. The summed E-state index contributed by atoms with van der Waals surface area (Å²) in [6.07, 6.45) is 0.179. The molecule has 1 aliphatic rings. The van der Waals surface area contributed by atoms with E-state index in [-0.39, 0.29) is 28.6 Å². The highest BCUT2D eigenvalue weighted by atomic mass is 35.5. The maximum atomic E-state index is 13.9. The van der Waals surface area contributed by atoms with Crippen LogP contribution in [0.3, 0.4) is 0 Å². The molecule has 0 aromatic heterocycles. The molecule has 1 N–H and O–H groups in total. The summed E-state index contributed by atoms with van der Waals surface area (Å²) in [5, 5.41) is 3.08. The third-order valence-electron chi connectivity index (χ3n) is 4.68. The van der Waals surface area contributed by atoms with E-state index in [9.17, 15) is 18.4 Å². The molecule has 2 aromatic rings. The molecule has 1 fully saturated rings. The zero-order chi connectivity index (χ0) is 21.0. The number of piperazine rings is 1. The molecule has 3 rings (SSSR count). The Morgan fingerprint density at radius 2 is 1.59 bits per heavy atom. The minimum absolute atomic E-state index is 0.0460.